The van der Waals surface area contributed by atoms with Crippen LogP contribution < -0.4 is 19.5 Å². The van der Waals surface area contributed by atoms with E-state index in [-0.39, 0.29) is 24.5 Å². The van der Waals surface area contributed by atoms with Gasteiger partial charge in [-0.2, -0.15) is 0 Å². The molecule has 1 unspecified atom stereocenters. The molecule has 1 fully saturated rings. The topological polar surface area (TPSA) is 77.1 Å². The number of para-hydroxylation sites is 1. The highest BCUT2D eigenvalue weighted by atomic mass is 16.7. The molecule has 0 saturated carbocycles. The van der Waals surface area contributed by atoms with Gasteiger partial charge in [0.25, 0.3) is 0 Å². The van der Waals surface area contributed by atoms with Gasteiger partial charge in [0.15, 0.2) is 17.3 Å². The summed E-state index contributed by atoms with van der Waals surface area (Å²) in [5.41, 5.74) is 1.25. The molecule has 1 N–H and O–H groups in total. The Balaban J connectivity index is 1.20. The molecule has 2 amide bonds. The maximum Gasteiger partial charge on any atom is 0.321 e. The average Bonchev–Trinajstić information content (AvgIpc) is 3.33. The molecule has 168 valence electrons. The van der Waals surface area contributed by atoms with Crippen molar-refractivity contribution < 1.29 is 23.8 Å². The lowest BCUT2D eigenvalue weighted by molar-refractivity contribution is 0.0851. The van der Waals surface area contributed by atoms with E-state index in [0.717, 1.165) is 18.6 Å². The van der Waals surface area contributed by atoms with Crippen LogP contribution >= 0.6 is 0 Å². The smallest absolute Gasteiger partial charge is 0.321 e. The number of likely N-dealkylation sites (tertiary alicyclic amines) is 1. The molecule has 0 aromatic heterocycles. The average molecular weight is 444 g/mol. The number of carbonyl (C=O) groups is 2. The number of carbonyl (C=O) groups excluding carboxylic acids is 2. The summed E-state index contributed by atoms with van der Waals surface area (Å²) in [5.74, 6) is 2.50. The molecule has 1 atom stereocenters. The fraction of sp³-hybridized carbons (Fsp3) is 0.231. The lowest BCUT2D eigenvalue weighted by Crippen LogP contribution is -2.44. The number of fused-ring (bicyclic) bond motifs is 1. The van der Waals surface area contributed by atoms with Crippen molar-refractivity contribution in [2.24, 2.45) is 5.92 Å². The van der Waals surface area contributed by atoms with Gasteiger partial charge in [-0.05, 0) is 61.4 Å². The summed E-state index contributed by atoms with van der Waals surface area (Å²) < 4.78 is 16.5. The van der Waals surface area contributed by atoms with E-state index in [1.165, 1.54) is 0 Å². The van der Waals surface area contributed by atoms with Crippen LogP contribution in [-0.4, -0.2) is 36.6 Å². The van der Waals surface area contributed by atoms with Gasteiger partial charge in [-0.1, -0.05) is 18.2 Å². The van der Waals surface area contributed by atoms with Gasteiger partial charge in [-0.3, -0.25) is 4.79 Å². The van der Waals surface area contributed by atoms with Crippen molar-refractivity contribution in [1.29, 1.82) is 0 Å². The predicted molar refractivity (Wildman–Crippen MR) is 123 cm³/mol. The molecular formula is C26H24N2O5. The Morgan fingerprint density at radius 3 is 2.48 bits per heavy atom. The maximum absolute atomic E-state index is 13.1. The highest BCUT2D eigenvalue weighted by Crippen LogP contribution is 2.34. The molecule has 0 radical (unpaired) electrons. The Morgan fingerprint density at radius 1 is 0.909 bits per heavy atom. The Bertz CT molecular complexity index is 1150. The molecule has 2 heterocycles. The highest BCUT2D eigenvalue weighted by Gasteiger charge is 2.29. The summed E-state index contributed by atoms with van der Waals surface area (Å²) in [6.07, 6.45) is 1.54. The Hall–Kier alpha value is -4.00. The molecule has 2 aliphatic rings. The Morgan fingerprint density at radius 2 is 1.67 bits per heavy atom. The minimum Gasteiger partial charge on any atom is -0.457 e. The Kier molecular flexibility index (Phi) is 5.85. The first-order chi connectivity index (χ1) is 16.2. The van der Waals surface area contributed by atoms with E-state index in [1.54, 1.807) is 47.4 Å². The minimum absolute atomic E-state index is 0.0434. The van der Waals surface area contributed by atoms with E-state index in [1.807, 2.05) is 30.3 Å². The maximum atomic E-state index is 13.1. The molecule has 3 aromatic rings. The lowest BCUT2D eigenvalue weighted by Gasteiger charge is -2.32. The van der Waals surface area contributed by atoms with Gasteiger partial charge >= 0.3 is 6.03 Å². The van der Waals surface area contributed by atoms with E-state index in [2.05, 4.69) is 5.32 Å². The number of urea groups is 1. The zero-order valence-corrected chi connectivity index (χ0v) is 18.0. The van der Waals surface area contributed by atoms with Crippen LogP contribution in [0, 0.1) is 5.92 Å². The molecule has 3 aromatic carbocycles. The molecule has 2 aliphatic heterocycles. The standard InChI is InChI=1S/C26H24N2O5/c29-25(18-8-11-22(12-9-18)33-21-6-2-1-3-7-21)19-5-4-14-28(16-19)26(30)27-20-10-13-23-24(15-20)32-17-31-23/h1-3,6-13,15,19H,4-5,14,16-17H2,(H,27,30). The summed E-state index contributed by atoms with van der Waals surface area (Å²) in [6.45, 7) is 1.18. The largest absolute Gasteiger partial charge is 0.457 e. The summed E-state index contributed by atoms with van der Waals surface area (Å²) in [6, 6.07) is 21.7. The van der Waals surface area contributed by atoms with Gasteiger partial charge in [-0.25, -0.2) is 4.79 Å². The van der Waals surface area contributed by atoms with Gasteiger partial charge in [-0.15, -0.1) is 0 Å². The highest BCUT2D eigenvalue weighted by molar-refractivity contribution is 5.98. The number of rotatable bonds is 5. The summed E-state index contributed by atoms with van der Waals surface area (Å²) in [7, 11) is 0. The summed E-state index contributed by atoms with van der Waals surface area (Å²) in [4.78, 5) is 27.6. The molecule has 0 spiro atoms. The Labute approximate surface area is 191 Å². The zero-order chi connectivity index (χ0) is 22.6. The van der Waals surface area contributed by atoms with E-state index in [4.69, 9.17) is 14.2 Å². The molecule has 1 saturated heterocycles. The van der Waals surface area contributed by atoms with Crippen LogP contribution in [0.15, 0.2) is 72.8 Å². The minimum atomic E-state index is -0.234. The fourth-order valence-electron chi connectivity index (χ4n) is 4.10. The van der Waals surface area contributed by atoms with Gasteiger partial charge in [0.1, 0.15) is 11.5 Å². The third-order valence-electron chi connectivity index (χ3n) is 5.82. The number of Topliss-reactive ketones (excluding diaryl/α,β-unsaturated/α-hetero) is 1. The molecule has 7 nitrogen and oxygen atoms in total. The third-order valence-corrected chi connectivity index (χ3v) is 5.82. The van der Waals surface area contributed by atoms with Crippen molar-refractivity contribution in [3.8, 4) is 23.0 Å². The van der Waals surface area contributed by atoms with Crippen molar-refractivity contribution >= 4 is 17.5 Å². The second kappa shape index (κ2) is 9.24. The molecule has 7 heteroatoms. The number of hydrogen-bond donors (Lipinski definition) is 1. The zero-order valence-electron chi connectivity index (χ0n) is 18.0. The van der Waals surface area contributed by atoms with Crippen LogP contribution in [0.4, 0.5) is 10.5 Å². The number of benzene rings is 3. The number of amides is 2. The van der Waals surface area contributed by atoms with E-state index in [0.29, 0.717) is 41.6 Å². The van der Waals surface area contributed by atoms with Gasteiger partial charge in [0.05, 0.1) is 0 Å². The number of nitrogens with one attached hydrogen (secondary N) is 1. The van der Waals surface area contributed by atoms with Crippen LogP contribution in [-0.2, 0) is 0 Å². The first kappa shape index (κ1) is 20.9. The van der Waals surface area contributed by atoms with Crippen molar-refractivity contribution in [1.82, 2.24) is 4.90 Å². The number of nitrogens with zero attached hydrogens (tertiary/aromatic N) is 1. The number of ketones is 1. The van der Waals surface area contributed by atoms with E-state index >= 15 is 0 Å². The summed E-state index contributed by atoms with van der Waals surface area (Å²) >= 11 is 0. The summed E-state index contributed by atoms with van der Waals surface area (Å²) in [5, 5.41) is 2.89. The first-order valence-electron chi connectivity index (χ1n) is 11.0. The van der Waals surface area contributed by atoms with Crippen molar-refractivity contribution in [3.05, 3.63) is 78.4 Å². The van der Waals surface area contributed by atoms with E-state index < -0.39 is 0 Å². The third kappa shape index (κ3) is 4.77. The number of piperidine rings is 1. The number of anilines is 1. The van der Waals surface area contributed by atoms with Crippen molar-refractivity contribution in [2.45, 2.75) is 12.8 Å². The molecule has 5 rings (SSSR count). The lowest BCUT2D eigenvalue weighted by atomic mass is 9.90. The normalized spacial score (nSPS) is 16.8. The van der Waals surface area contributed by atoms with Gasteiger partial charge in [0.2, 0.25) is 6.79 Å². The quantitative estimate of drug-likeness (QED) is 0.538. The second-order valence-corrected chi connectivity index (χ2v) is 8.09. The van der Waals surface area contributed by atoms with E-state index in [9.17, 15) is 9.59 Å². The molecule has 0 bridgehead atoms. The monoisotopic (exact) mass is 444 g/mol. The number of hydrogen-bond acceptors (Lipinski definition) is 5. The van der Waals surface area contributed by atoms with Crippen LogP contribution in [0.5, 0.6) is 23.0 Å². The van der Waals surface area contributed by atoms with Crippen LogP contribution in [0.1, 0.15) is 23.2 Å². The SMILES string of the molecule is O=C(c1ccc(Oc2ccccc2)cc1)C1CCCN(C(=O)Nc2ccc3c(c2)OCO3)C1. The first-order valence-corrected chi connectivity index (χ1v) is 11.0. The predicted octanol–water partition coefficient (Wildman–Crippen LogP) is 5.33. The molecule has 0 aliphatic carbocycles. The van der Waals surface area contributed by atoms with Crippen LogP contribution in [0.2, 0.25) is 0 Å². The van der Waals surface area contributed by atoms with Gasteiger partial charge in [0, 0.05) is 36.3 Å². The van der Waals surface area contributed by atoms with Crippen molar-refractivity contribution in [3.63, 3.8) is 0 Å². The van der Waals surface area contributed by atoms with Crippen LogP contribution in [0.3, 0.4) is 0 Å². The van der Waals surface area contributed by atoms with Crippen molar-refractivity contribution in [2.75, 3.05) is 25.2 Å². The van der Waals surface area contributed by atoms with Crippen LogP contribution in [0.25, 0.3) is 0 Å². The number of ether oxygens (including phenoxy) is 3. The van der Waals surface area contributed by atoms with Gasteiger partial charge < -0.3 is 24.4 Å². The molecule has 33 heavy (non-hydrogen) atoms. The fourth-order valence-corrected chi connectivity index (χ4v) is 4.10. The molecular weight excluding hydrogens is 420 g/mol. The second-order valence-electron chi connectivity index (χ2n) is 8.09.